The molecule has 2 rings (SSSR count). The number of benzene rings is 1. The first-order valence-electron chi connectivity index (χ1n) is 6.94. The third-order valence-corrected chi connectivity index (χ3v) is 3.14. The van der Waals surface area contributed by atoms with Crippen molar-refractivity contribution in [3.8, 4) is 11.5 Å². The summed E-state index contributed by atoms with van der Waals surface area (Å²) in [6, 6.07) is 7.13. The van der Waals surface area contributed by atoms with E-state index < -0.39 is 12.1 Å². The van der Waals surface area contributed by atoms with Gasteiger partial charge in [-0.2, -0.15) is 0 Å². The number of hydrogen-bond acceptors (Lipinski definition) is 5. The zero-order chi connectivity index (χ0) is 15.2. The molecule has 6 heteroatoms. The summed E-state index contributed by atoms with van der Waals surface area (Å²) in [5.41, 5.74) is 0. The monoisotopic (exact) mass is 293 g/mol. The first kappa shape index (κ1) is 15.2. The van der Waals surface area contributed by atoms with E-state index in [9.17, 15) is 9.59 Å². The number of carbonyl (C=O) groups excluding carboxylic acids is 2. The van der Waals surface area contributed by atoms with E-state index in [1.54, 1.807) is 18.2 Å². The minimum Gasteiger partial charge on any atom is -0.485 e. The lowest BCUT2D eigenvalue weighted by Crippen LogP contribution is -2.40. The lowest BCUT2D eigenvalue weighted by Gasteiger charge is -2.24. The lowest BCUT2D eigenvalue weighted by molar-refractivity contribution is -0.157. The van der Waals surface area contributed by atoms with Gasteiger partial charge in [-0.05, 0) is 25.5 Å². The van der Waals surface area contributed by atoms with Crippen molar-refractivity contribution < 1.29 is 23.8 Å². The quantitative estimate of drug-likeness (QED) is 0.828. The van der Waals surface area contributed by atoms with E-state index in [1.165, 1.54) is 0 Å². The molecule has 1 aromatic carbocycles. The van der Waals surface area contributed by atoms with Crippen molar-refractivity contribution >= 4 is 11.9 Å². The molecular formula is C15H19NO5. The number of para-hydroxylation sites is 2. The van der Waals surface area contributed by atoms with Crippen molar-refractivity contribution in [1.82, 2.24) is 5.32 Å². The van der Waals surface area contributed by atoms with Gasteiger partial charge in [0.15, 0.2) is 18.1 Å². The van der Waals surface area contributed by atoms with E-state index in [-0.39, 0.29) is 25.2 Å². The molecule has 0 saturated carbocycles. The summed E-state index contributed by atoms with van der Waals surface area (Å²) in [5, 5.41) is 2.72. The summed E-state index contributed by atoms with van der Waals surface area (Å²) in [7, 11) is 0. The molecule has 21 heavy (non-hydrogen) atoms. The Kier molecular flexibility index (Phi) is 5.03. The maximum absolute atomic E-state index is 11.9. The summed E-state index contributed by atoms with van der Waals surface area (Å²) in [5.74, 6) is 0.157. The molecule has 0 fully saturated rings. The van der Waals surface area contributed by atoms with Gasteiger partial charge in [-0.1, -0.05) is 19.1 Å². The standard InChI is InChI=1S/C15H19NO5/c1-3-10(2)16-14(17)9-20-15(18)13-8-19-11-6-4-5-7-12(11)21-13/h4-7,10,13H,3,8-9H2,1-2H3,(H,16,17)/t10-,13-/m1/s1. The van der Waals surface area contributed by atoms with Crippen LogP contribution in [0.2, 0.25) is 0 Å². The van der Waals surface area contributed by atoms with Crippen LogP contribution in [0.25, 0.3) is 0 Å². The number of nitrogens with one attached hydrogen (secondary N) is 1. The van der Waals surface area contributed by atoms with Crippen LogP contribution in [0.15, 0.2) is 24.3 Å². The highest BCUT2D eigenvalue weighted by Gasteiger charge is 2.29. The maximum atomic E-state index is 11.9. The van der Waals surface area contributed by atoms with Crippen molar-refractivity contribution in [3.63, 3.8) is 0 Å². The van der Waals surface area contributed by atoms with Crippen LogP contribution in [-0.2, 0) is 14.3 Å². The van der Waals surface area contributed by atoms with Gasteiger partial charge in [-0.3, -0.25) is 4.79 Å². The zero-order valence-electron chi connectivity index (χ0n) is 12.1. The van der Waals surface area contributed by atoms with Gasteiger partial charge in [-0.25, -0.2) is 4.79 Å². The van der Waals surface area contributed by atoms with Crippen molar-refractivity contribution in [2.24, 2.45) is 0 Å². The smallest absolute Gasteiger partial charge is 0.351 e. The highest BCUT2D eigenvalue weighted by Crippen LogP contribution is 2.31. The van der Waals surface area contributed by atoms with Crippen molar-refractivity contribution in [2.45, 2.75) is 32.4 Å². The second-order valence-electron chi connectivity index (χ2n) is 4.85. The van der Waals surface area contributed by atoms with E-state index >= 15 is 0 Å². The summed E-state index contributed by atoms with van der Waals surface area (Å²) < 4.78 is 15.9. The lowest BCUT2D eigenvalue weighted by atomic mass is 10.2. The van der Waals surface area contributed by atoms with E-state index in [0.29, 0.717) is 11.5 Å². The van der Waals surface area contributed by atoms with Gasteiger partial charge < -0.3 is 19.5 Å². The fourth-order valence-electron chi connectivity index (χ4n) is 1.78. The van der Waals surface area contributed by atoms with Crippen LogP contribution in [0.4, 0.5) is 0 Å². The summed E-state index contributed by atoms with van der Waals surface area (Å²) in [6.07, 6.45) is -0.0351. The van der Waals surface area contributed by atoms with Crippen LogP contribution in [0, 0.1) is 0 Å². The first-order valence-corrected chi connectivity index (χ1v) is 6.94. The van der Waals surface area contributed by atoms with Gasteiger partial charge in [0.25, 0.3) is 5.91 Å². The molecule has 1 aromatic rings. The fourth-order valence-corrected chi connectivity index (χ4v) is 1.78. The van der Waals surface area contributed by atoms with Crippen LogP contribution in [0.1, 0.15) is 20.3 Å². The van der Waals surface area contributed by atoms with E-state index in [4.69, 9.17) is 14.2 Å². The minimum absolute atomic E-state index is 0.0531. The molecule has 2 atom stereocenters. The molecule has 1 aliphatic rings. The minimum atomic E-state index is -0.851. The van der Waals surface area contributed by atoms with Gasteiger partial charge in [-0.15, -0.1) is 0 Å². The molecule has 0 aliphatic carbocycles. The van der Waals surface area contributed by atoms with E-state index in [2.05, 4.69) is 5.32 Å². The largest absolute Gasteiger partial charge is 0.485 e. The van der Waals surface area contributed by atoms with Crippen molar-refractivity contribution in [1.29, 1.82) is 0 Å². The molecule has 1 N–H and O–H groups in total. The number of amides is 1. The average molecular weight is 293 g/mol. The fraction of sp³-hybridized carbons (Fsp3) is 0.467. The summed E-state index contributed by atoms with van der Waals surface area (Å²) >= 11 is 0. The Hall–Kier alpha value is -2.24. The van der Waals surface area contributed by atoms with Crippen LogP contribution < -0.4 is 14.8 Å². The Morgan fingerprint density at radius 1 is 1.38 bits per heavy atom. The van der Waals surface area contributed by atoms with Crippen LogP contribution >= 0.6 is 0 Å². The predicted octanol–water partition coefficient (Wildman–Crippen LogP) is 1.28. The highest BCUT2D eigenvalue weighted by molar-refractivity contribution is 5.82. The number of carbonyl (C=O) groups is 2. The number of ether oxygens (including phenoxy) is 3. The molecule has 1 heterocycles. The van der Waals surface area contributed by atoms with Crippen LogP contribution in [-0.4, -0.2) is 37.2 Å². The van der Waals surface area contributed by atoms with Gasteiger partial charge in [0.1, 0.15) is 6.61 Å². The molecular weight excluding hydrogens is 274 g/mol. The van der Waals surface area contributed by atoms with Crippen molar-refractivity contribution in [2.75, 3.05) is 13.2 Å². The molecule has 6 nitrogen and oxygen atoms in total. The normalized spacial score (nSPS) is 17.7. The predicted molar refractivity (Wildman–Crippen MR) is 75.2 cm³/mol. The molecule has 0 saturated heterocycles. The second-order valence-corrected chi connectivity index (χ2v) is 4.85. The van der Waals surface area contributed by atoms with Crippen molar-refractivity contribution in [3.05, 3.63) is 24.3 Å². The molecule has 0 spiro atoms. The Bertz CT molecular complexity index is 517. The second kappa shape index (κ2) is 6.97. The summed E-state index contributed by atoms with van der Waals surface area (Å²) in [6.45, 7) is 3.60. The van der Waals surface area contributed by atoms with Crippen LogP contribution in [0.5, 0.6) is 11.5 Å². The topological polar surface area (TPSA) is 73.9 Å². The number of fused-ring (bicyclic) bond motifs is 1. The van der Waals surface area contributed by atoms with E-state index in [0.717, 1.165) is 6.42 Å². The van der Waals surface area contributed by atoms with Gasteiger partial charge >= 0.3 is 5.97 Å². The SMILES string of the molecule is CC[C@@H](C)NC(=O)COC(=O)[C@H]1COc2ccccc2O1. The Balaban J connectivity index is 1.81. The average Bonchev–Trinajstić information content (AvgIpc) is 2.51. The van der Waals surface area contributed by atoms with Crippen LogP contribution in [0.3, 0.4) is 0 Å². The Morgan fingerprint density at radius 3 is 2.81 bits per heavy atom. The van der Waals surface area contributed by atoms with Gasteiger partial charge in [0.2, 0.25) is 6.10 Å². The number of rotatable bonds is 5. The molecule has 114 valence electrons. The van der Waals surface area contributed by atoms with E-state index in [1.807, 2.05) is 19.9 Å². The molecule has 1 amide bonds. The molecule has 1 aliphatic heterocycles. The third-order valence-electron chi connectivity index (χ3n) is 3.14. The Labute approximate surface area is 123 Å². The van der Waals surface area contributed by atoms with Gasteiger partial charge in [0.05, 0.1) is 0 Å². The highest BCUT2D eigenvalue weighted by atomic mass is 16.6. The molecule has 0 aromatic heterocycles. The number of hydrogen-bond donors (Lipinski definition) is 1. The maximum Gasteiger partial charge on any atom is 0.351 e. The molecule has 0 bridgehead atoms. The summed E-state index contributed by atoms with van der Waals surface area (Å²) in [4.78, 5) is 23.4. The first-order chi connectivity index (χ1) is 10.1. The Morgan fingerprint density at radius 2 is 2.10 bits per heavy atom. The zero-order valence-corrected chi connectivity index (χ0v) is 12.1. The third kappa shape index (κ3) is 4.11. The molecule has 0 unspecified atom stereocenters. The van der Waals surface area contributed by atoms with Gasteiger partial charge in [0, 0.05) is 6.04 Å². The molecule has 0 radical (unpaired) electrons. The number of esters is 1.